The number of aromatic nitrogens is 4. The minimum absolute atomic E-state index is 0.0367. The first-order valence-electron chi connectivity index (χ1n) is 12.3. The molecule has 0 unspecified atom stereocenters. The van der Waals surface area contributed by atoms with Crippen LogP contribution in [0.5, 0.6) is 5.75 Å². The molecule has 38 heavy (non-hydrogen) atoms. The Morgan fingerprint density at radius 2 is 1.95 bits per heavy atom. The van der Waals surface area contributed by atoms with Gasteiger partial charge >= 0.3 is 5.97 Å². The average molecular weight is 536 g/mol. The summed E-state index contributed by atoms with van der Waals surface area (Å²) in [5.74, 6) is -1.10. The van der Waals surface area contributed by atoms with Crippen molar-refractivity contribution in [2.45, 2.75) is 50.7 Å². The third-order valence-corrected chi connectivity index (χ3v) is 8.79. The first kappa shape index (κ1) is 25.8. The van der Waals surface area contributed by atoms with E-state index in [4.69, 9.17) is 4.74 Å². The molecule has 0 saturated heterocycles. The molecule has 1 aliphatic rings. The molecule has 0 bridgehead atoms. The second-order valence-corrected chi connectivity index (χ2v) is 11.7. The fourth-order valence-electron chi connectivity index (χ4n) is 5.10. The van der Waals surface area contributed by atoms with Gasteiger partial charge in [0.2, 0.25) is 10.0 Å². The van der Waals surface area contributed by atoms with Crippen molar-refractivity contribution in [3.8, 4) is 5.75 Å². The third-order valence-electron chi connectivity index (χ3n) is 6.97. The lowest BCUT2D eigenvalue weighted by atomic mass is 9.86. The second-order valence-electron chi connectivity index (χ2n) is 9.80. The van der Waals surface area contributed by atoms with Crippen molar-refractivity contribution < 1.29 is 23.1 Å². The number of pyridine rings is 1. The van der Waals surface area contributed by atoms with Crippen molar-refractivity contribution in [1.82, 2.24) is 24.3 Å². The highest BCUT2D eigenvalue weighted by atomic mass is 32.2. The van der Waals surface area contributed by atoms with Gasteiger partial charge in [0.25, 0.3) is 0 Å². The number of hydrogen-bond acceptors (Lipinski definition) is 7. The standard InChI is InChI=1S/C27H29N5O5S/c1-16-5-6-19(22(12-26(33)34)20-9-17(2)27-23(11-20)29-30-31(27)4)10-21(16)15-32-14-18(3)37-24-7-8-28-13-25(24)38(32,35)36/h5-11,13,18,22H,12,14-15H2,1-4H3,(H,33,34)/t18-,22+/m1/s1. The summed E-state index contributed by atoms with van der Waals surface area (Å²) < 4.78 is 36.1. The Kier molecular flexibility index (Phi) is 6.66. The maximum Gasteiger partial charge on any atom is 0.304 e. The van der Waals surface area contributed by atoms with Gasteiger partial charge in [0.15, 0.2) is 0 Å². The number of fused-ring (bicyclic) bond motifs is 2. The fourth-order valence-corrected chi connectivity index (χ4v) is 6.66. The number of nitrogens with zero attached hydrogens (tertiary/aromatic N) is 5. The van der Waals surface area contributed by atoms with Crippen molar-refractivity contribution in [1.29, 1.82) is 0 Å². The highest BCUT2D eigenvalue weighted by Crippen LogP contribution is 2.35. The van der Waals surface area contributed by atoms with Gasteiger partial charge in [-0.25, -0.2) is 13.1 Å². The number of carboxylic acids is 1. The normalized spacial score (nSPS) is 17.9. The van der Waals surface area contributed by atoms with Gasteiger partial charge in [-0.15, -0.1) is 5.10 Å². The third kappa shape index (κ3) is 4.74. The first-order valence-corrected chi connectivity index (χ1v) is 13.7. The number of benzene rings is 2. The maximum absolute atomic E-state index is 13.5. The topological polar surface area (TPSA) is 128 Å². The van der Waals surface area contributed by atoms with E-state index in [0.717, 1.165) is 33.3 Å². The quantitative estimate of drug-likeness (QED) is 0.397. The van der Waals surface area contributed by atoms with E-state index in [0.29, 0.717) is 5.52 Å². The summed E-state index contributed by atoms with van der Waals surface area (Å²) >= 11 is 0. The Morgan fingerprint density at radius 1 is 1.16 bits per heavy atom. The van der Waals surface area contributed by atoms with E-state index in [1.54, 1.807) is 10.7 Å². The SMILES string of the molecule is Cc1ccc([C@H](CC(=O)O)c2cc(C)c3c(c2)nnn3C)cc1CN1C[C@@H](C)Oc2ccncc2S1(=O)=O. The van der Waals surface area contributed by atoms with Crippen LogP contribution < -0.4 is 4.74 Å². The van der Waals surface area contributed by atoms with E-state index in [-0.39, 0.29) is 36.3 Å². The highest BCUT2D eigenvalue weighted by Gasteiger charge is 2.34. The molecule has 2 aromatic heterocycles. The van der Waals surface area contributed by atoms with Gasteiger partial charge in [-0.05, 0) is 60.7 Å². The Hall–Kier alpha value is -3.83. The zero-order chi connectivity index (χ0) is 27.2. The Labute approximate surface area is 220 Å². The predicted octanol–water partition coefficient (Wildman–Crippen LogP) is 3.56. The van der Waals surface area contributed by atoms with Crippen LogP contribution in [0, 0.1) is 13.8 Å². The molecule has 0 amide bonds. The number of rotatable bonds is 6. The smallest absolute Gasteiger partial charge is 0.304 e. The van der Waals surface area contributed by atoms with Gasteiger partial charge < -0.3 is 9.84 Å². The molecular formula is C27H29N5O5S. The molecule has 4 aromatic rings. The van der Waals surface area contributed by atoms with Crippen LogP contribution in [0.25, 0.3) is 11.0 Å². The van der Waals surface area contributed by atoms with E-state index in [9.17, 15) is 18.3 Å². The van der Waals surface area contributed by atoms with Crippen molar-refractivity contribution in [3.05, 3.63) is 76.6 Å². The van der Waals surface area contributed by atoms with Gasteiger partial charge in [0.1, 0.15) is 22.3 Å². The molecule has 1 aliphatic heterocycles. The van der Waals surface area contributed by atoms with Gasteiger partial charge in [0, 0.05) is 25.7 Å². The molecule has 0 saturated carbocycles. The summed E-state index contributed by atoms with van der Waals surface area (Å²) in [6.07, 6.45) is 2.33. The molecule has 10 nitrogen and oxygen atoms in total. The summed E-state index contributed by atoms with van der Waals surface area (Å²) in [6.45, 7) is 5.98. The molecule has 5 rings (SSSR count). The van der Waals surface area contributed by atoms with Crippen LogP contribution in [0.15, 0.2) is 53.7 Å². The van der Waals surface area contributed by atoms with Gasteiger partial charge in [-0.1, -0.05) is 29.5 Å². The predicted molar refractivity (Wildman–Crippen MR) is 140 cm³/mol. The zero-order valence-corrected chi connectivity index (χ0v) is 22.4. The molecule has 0 radical (unpaired) electrons. The van der Waals surface area contributed by atoms with Crippen molar-refractivity contribution >= 4 is 27.0 Å². The van der Waals surface area contributed by atoms with Gasteiger partial charge in [-0.3, -0.25) is 9.78 Å². The molecule has 2 aromatic carbocycles. The minimum Gasteiger partial charge on any atom is -0.488 e. The van der Waals surface area contributed by atoms with Crippen LogP contribution in [0.4, 0.5) is 0 Å². The molecule has 1 N–H and O–H groups in total. The number of sulfonamides is 1. The summed E-state index contributed by atoms with van der Waals surface area (Å²) in [6, 6.07) is 11.1. The summed E-state index contributed by atoms with van der Waals surface area (Å²) in [4.78, 5) is 15.9. The monoisotopic (exact) mass is 535 g/mol. The minimum atomic E-state index is -3.86. The number of ether oxygens (including phenoxy) is 1. The molecule has 0 fully saturated rings. The lowest BCUT2D eigenvalue weighted by molar-refractivity contribution is -0.137. The molecule has 2 atom stereocenters. The Morgan fingerprint density at radius 3 is 2.71 bits per heavy atom. The summed E-state index contributed by atoms with van der Waals surface area (Å²) in [7, 11) is -2.05. The summed E-state index contributed by atoms with van der Waals surface area (Å²) in [5.41, 5.74) is 5.84. The lowest BCUT2D eigenvalue weighted by Crippen LogP contribution is -2.35. The zero-order valence-electron chi connectivity index (χ0n) is 21.6. The summed E-state index contributed by atoms with van der Waals surface area (Å²) in [5, 5.41) is 18.1. The average Bonchev–Trinajstić information content (AvgIpc) is 3.20. The van der Waals surface area contributed by atoms with Crippen LogP contribution in [0.2, 0.25) is 0 Å². The molecule has 0 spiro atoms. The van der Waals surface area contributed by atoms with Crippen molar-refractivity contribution in [2.24, 2.45) is 7.05 Å². The lowest BCUT2D eigenvalue weighted by Gasteiger charge is -2.24. The van der Waals surface area contributed by atoms with Crippen LogP contribution >= 0.6 is 0 Å². The molecular weight excluding hydrogens is 506 g/mol. The van der Waals surface area contributed by atoms with Crippen molar-refractivity contribution in [3.63, 3.8) is 0 Å². The highest BCUT2D eigenvalue weighted by molar-refractivity contribution is 7.89. The Balaban J connectivity index is 1.55. The number of hydrogen-bond donors (Lipinski definition) is 1. The molecule has 0 aliphatic carbocycles. The van der Waals surface area contributed by atoms with Gasteiger partial charge in [0.05, 0.1) is 24.7 Å². The van der Waals surface area contributed by atoms with Crippen LogP contribution in [0.3, 0.4) is 0 Å². The number of carboxylic acid groups (broad SMARTS) is 1. The first-order chi connectivity index (χ1) is 18.0. The van der Waals surface area contributed by atoms with Crippen molar-refractivity contribution in [2.75, 3.05) is 6.54 Å². The fraction of sp³-hybridized carbons (Fsp3) is 0.333. The second kappa shape index (κ2) is 9.80. The van der Waals surface area contributed by atoms with E-state index in [2.05, 4.69) is 15.3 Å². The van der Waals surface area contributed by atoms with Crippen LogP contribution in [-0.4, -0.2) is 56.4 Å². The van der Waals surface area contributed by atoms with E-state index < -0.39 is 21.9 Å². The maximum atomic E-state index is 13.5. The van der Waals surface area contributed by atoms with E-state index >= 15 is 0 Å². The number of aliphatic carboxylic acids is 1. The van der Waals surface area contributed by atoms with Crippen LogP contribution in [0.1, 0.15) is 47.1 Å². The van der Waals surface area contributed by atoms with Gasteiger partial charge in [-0.2, -0.15) is 4.31 Å². The van der Waals surface area contributed by atoms with Crippen LogP contribution in [-0.2, 0) is 28.4 Å². The molecule has 3 heterocycles. The molecule has 198 valence electrons. The molecule has 11 heteroatoms. The number of carbonyl (C=O) groups is 1. The van der Waals surface area contributed by atoms with E-state index in [1.165, 1.54) is 16.7 Å². The Bertz CT molecular complexity index is 1650. The number of aryl methyl sites for hydroxylation is 3. The largest absolute Gasteiger partial charge is 0.488 e. The van der Waals surface area contributed by atoms with E-state index in [1.807, 2.05) is 58.2 Å².